The monoisotopic (exact) mass is 688 g/mol. The number of ether oxygens (including phenoxy) is 2. The summed E-state index contributed by atoms with van der Waals surface area (Å²) in [4.78, 5) is 33.0. The van der Waals surface area contributed by atoms with E-state index in [2.05, 4.69) is 67.0 Å². The third kappa shape index (κ3) is 5.49. The lowest BCUT2D eigenvalue weighted by Gasteiger charge is -2.43. The predicted molar refractivity (Wildman–Crippen MR) is 184 cm³/mol. The molecule has 10 heteroatoms. The molecule has 1 aromatic heterocycles. The van der Waals surface area contributed by atoms with Crippen LogP contribution in [-0.4, -0.2) is 88.4 Å². The van der Waals surface area contributed by atoms with Gasteiger partial charge >= 0.3 is 12.1 Å². The van der Waals surface area contributed by atoms with Gasteiger partial charge < -0.3 is 19.3 Å². The maximum Gasteiger partial charge on any atom is 0.410 e. The Morgan fingerprint density at radius 2 is 1.74 bits per heavy atom. The van der Waals surface area contributed by atoms with Gasteiger partial charge in [0.1, 0.15) is 18.0 Å². The highest BCUT2D eigenvalue weighted by Gasteiger charge is 2.47. The fourth-order valence-corrected chi connectivity index (χ4v) is 9.25. The van der Waals surface area contributed by atoms with E-state index in [4.69, 9.17) is 19.4 Å². The largest absolute Gasteiger partial charge is 0.461 e. The van der Waals surface area contributed by atoms with Crippen LogP contribution in [0, 0.1) is 0 Å². The van der Waals surface area contributed by atoms with Gasteiger partial charge in [0.15, 0.2) is 0 Å². The lowest BCUT2D eigenvalue weighted by Crippen LogP contribution is -2.57. The lowest BCUT2D eigenvalue weighted by atomic mass is 9.95. The number of benzene rings is 2. The maximum atomic E-state index is 13.2. The summed E-state index contributed by atoms with van der Waals surface area (Å²) in [6.07, 6.45) is 7.47. The second kappa shape index (κ2) is 11.5. The Balaban J connectivity index is 1.11. The first-order valence-electron chi connectivity index (χ1n) is 17.1. The van der Waals surface area contributed by atoms with E-state index in [1.54, 1.807) is 0 Å². The summed E-state index contributed by atoms with van der Waals surface area (Å²) in [5.74, 6) is 0.992. The summed E-state index contributed by atoms with van der Waals surface area (Å²) in [5.41, 5.74) is 3.09. The molecule has 4 saturated heterocycles. The molecule has 5 aliphatic heterocycles. The molecule has 9 nitrogen and oxygen atoms in total. The molecular weight excluding hydrogens is 644 g/mol. The first kappa shape index (κ1) is 30.2. The van der Waals surface area contributed by atoms with Crippen molar-refractivity contribution in [3.8, 4) is 6.01 Å². The fraction of sp³-hybridized carbons (Fsp3) is 0.583. The zero-order chi connectivity index (χ0) is 31.6. The SMILES string of the molecule is CC(C)(C)OC(=O)N1[C@@H]2CC[C@H]1CN(c1nc(OCC34CCCN3CCC4)nc3c1CCN(c1cc(Br)cc4ccccc14)C3)C2. The molecule has 2 aromatic carbocycles. The van der Waals surface area contributed by atoms with Crippen LogP contribution >= 0.6 is 15.9 Å². The molecule has 5 aliphatic rings. The van der Waals surface area contributed by atoms with Crippen LogP contribution < -0.4 is 14.5 Å². The molecule has 0 unspecified atom stereocenters. The average Bonchev–Trinajstić information content (AvgIpc) is 3.68. The average molecular weight is 690 g/mol. The third-order valence-corrected chi connectivity index (χ3v) is 11.3. The van der Waals surface area contributed by atoms with Crippen molar-refractivity contribution in [3.63, 3.8) is 0 Å². The van der Waals surface area contributed by atoms with Gasteiger partial charge in [0.2, 0.25) is 0 Å². The molecule has 6 heterocycles. The van der Waals surface area contributed by atoms with Gasteiger partial charge in [0.25, 0.3) is 0 Å². The van der Waals surface area contributed by atoms with Crippen LogP contribution in [0.15, 0.2) is 40.9 Å². The molecule has 8 rings (SSSR count). The molecular formula is C36H45BrN6O3. The Morgan fingerprint density at radius 3 is 2.48 bits per heavy atom. The Kier molecular flexibility index (Phi) is 7.59. The number of aromatic nitrogens is 2. The van der Waals surface area contributed by atoms with E-state index in [1.165, 1.54) is 60.8 Å². The summed E-state index contributed by atoms with van der Waals surface area (Å²) >= 11 is 3.76. The van der Waals surface area contributed by atoms with Gasteiger partial charge in [0.05, 0.1) is 29.9 Å². The minimum Gasteiger partial charge on any atom is -0.461 e. The van der Waals surface area contributed by atoms with Crippen LogP contribution in [0.3, 0.4) is 0 Å². The highest BCUT2D eigenvalue weighted by atomic mass is 79.9. The molecule has 0 N–H and O–H groups in total. The van der Waals surface area contributed by atoms with Crippen molar-refractivity contribution in [2.45, 2.75) is 95.5 Å². The predicted octanol–water partition coefficient (Wildman–Crippen LogP) is 6.55. The van der Waals surface area contributed by atoms with Gasteiger partial charge in [-0.2, -0.15) is 9.97 Å². The van der Waals surface area contributed by atoms with E-state index >= 15 is 0 Å². The van der Waals surface area contributed by atoms with Gasteiger partial charge in [-0.05, 0) is 96.3 Å². The van der Waals surface area contributed by atoms with E-state index in [0.717, 1.165) is 54.9 Å². The number of rotatable bonds is 5. The minimum absolute atomic E-state index is 0.112. The molecule has 3 aromatic rings. The summed E-state index contributed by atoms with van der Waals surface area (Å²) in [6, 6.07) is 13.7. The number of carbonyl (C=O) groups excluding carboxylic acids is 1. The zero-order valence-electron chi connectivity index (χ0n) is 27.3. The quantitative estimate of drug-likeness (QED) is 0.299. The molecule has 0 spiro atoms. The zero-order valence-corrected chi connectivity index (χ0v) is 28.9. The smallest absolute Gasteiger partial charge is 0.410 e. The third-order valence-electron chi connectivity index (χ3n) is 10.8. The second-order valence-electron chi connectivity index (χ2n) is 15.0. The van der Waals surface area contributed by atoms with Crippen molar-refractivity contribution in [3.05, 3.63) is 52.1 Å². The maximum absolute atomic E-state index is 13.2. The molecule has 244 valence electrons. The van der Waals surface area contributed by atoms with Crippen LogP contribution in [0.5, 0.6) is 6.01 Å². The minimum atomic E-state index is -0.509. The fourth-order valence-electron chi connectivity index (χ4n) is 8.79. The van der Waals surface area contributed by atoms with Crippen LogP contribution in [0.1, 0.15) is 70.6 Å². The van der Waals surface area contributed by atoms with Gasteiger partial charge in [0, 0.05) is 40.7 Å². The Hall–Kier alpha value is -3.11. The van der Waals surface area contributed by atoms with Crippen LogP contribution in [0.4, 0.5) is 16.3 Å². The number of nitrogens with zero attached hydrogens (tertiary/aromatic N) is 6. The first-order chi connectivity index (χ1) is 22.2. The van der Waals surface area contributed by atoms with E-state index < -0.39 is 5.60 Å². The Morgan fingerprint density at radius 1 is 1.00 bits per heavy atom. The highest BCUT2D eigenvalue weighted by molar-refractivity contribution is 9.10. The van der Waals surface area contributed by atoms with Crippen LogP contribution in [-0.2, 0) is 17.7 Å². The summed E-state index contributed by atoms with van der Waals surface area (Å²) in [6.45, 7) is 11.9. The Labute approximate surface area is 280 Å². The van der Waals surface area contributed by atoms with Crippen molar-refractivity contribution in [1.82, 2.24) is 19.8 Å². The molecule has 46 heavy (non-hydrogen) atoms. The summed E-state index contributed by atoms with van der Waals surface area (Å²) < 4.78 is 13.5. The molecule has 4 fully saturated rings. The second-order valence-corrected chi connectivity index (χ2v) is 15.9. The standard InChI is InChI=1S/C36H45BrN6O3/c1-35(2,3)46-34(44)43-26-10-11-27(43)21-41(20-26)32-29-12-17-40(31-19-25(37)18-24-8-4-5-9-28(24)31)22-30(29)38-33(39-32)45-23-36-13-6-15-42(36)16-7-14-36/h4-5,8-9,18-19,26-27H,6-7,10-17,20-23H2,1-3H3/t26-,27+. The first-order valence-corrected chi connectivity index (χ1v) is 17.9. The Bertz CT molecular complexity index is 1630. The van der Waals surface area contributed by atoms with Crippen LogP contribution in [0.25, 0.3) is 10.8 Å². The van der Waals surface area contributed by atoms with E-state index in [0.29, 0.717) is 19.2 Å². The molecule has 1 amide bonds. The van der Waals surface area contributed by atoms with Crippen molar-refractivity contribution >= 4 is 44.3 Å². The number of amides is 1. The molecule has 2 atom stereocenters. The number of halogens is 1. The number of carbonyl (C=O) groups is 1. The summed E-state index contributed by atoms with van der Waals surface area (Å²) in [5, 5.41) is 2.47. The van der Waals surface area contributed by atoms with Gasteiger partial charge in [-0.15, -0.1) is 0 Å². The van der Waals surface area contributed by atoms with Crippen molar-refractivity contribution in [2.75, 3.05) is 49.1 Å². The van der Waals surface area contributed by atoms with Crippen LogP contribution in [0.2, 0.25) is 0 Å². The van der Waals surface area contributed by atoms with Gasteiger partial charge in [-0.25, -0.2) is 4.79 Å². The van der Waals surface area contributed by atoms with Crippen molar-refractivity contribution < 1.29 is 14.3 Å². The molecule has 2 bridgehead atoms. The summed E-state index contributed by atoms with van der Waals surface area (Å²) in [7, 11) is 0. The normalized spacial score (nSPS) is 24.0. The topological polar surface area (TPSA) is 74.3 Å². The molecule has 0 saturated carbocycles. The van der Waals surface area contributed by atoms with Gasteiger partial charge in [-0.3, -0.25) is 9.80 Å². The van der Waals surface area contributed by atoms with Crippen molar-refractivity contribution in [2.24, 2.45) is 0 Å². The number of piperazine rings is 1. The highest BCUT2D eigenvalue weighted by Crippen LogP contribution is 2.41. The van der Waals surface area contributed by atoms with Gasteiger partial charge in [-0.1, -0.05) is 40.2 Å². The van der Waals surface area contributed by atoms with Crippen molar-refractivity contribution in [1.29, 1.82) is 0 Å². The van der Waals surface area contributed by atoms with E-state index in [1.807, 2.05) is 25.7 Å². The number of hydrogen-bond acceptors (Lipinski definition) is 8. The van der Waals surface area contributed by atoms with E-state index in [9.17, 15) is 4.79 Å². The lowest BCUT2D eigenvalue weighted by molar-refractivity contribution is 0.0122. The molecule has 0 aliphatic carbocycles. The number of fused-ring (bicyclic) bond motifs is 5. The van der Waals surface area contributed by atoms with E-state index in [-0.39, 0.29) is 23.7 Å². The number of anilines is 2. The molecule has 0 radical (unpaired) electrons. The number of hydrogen-bond donors (Lipinski definition) is 0.